The highest BCUT2D eigenvalue weighted by atomic mass is 32.2. The first-order chi connectivity index (χ1) is 13.6. The summed E-state index contributed by atoms with van der Waals surface area (Å²) in [5, 5.41) is 10.8. The first-order valence-corrected chi connectivity index (χ1v) is 11.2. The molecule has 0 spiro atoms. The van der Waals surface area contributed by atoms with Gasteiger partial charge in [-0.05, 0) is 31.0 Å². The minimum Gasteiger partial charge on any atom is -0.296 e. The van der Waals surface area contributed by atoms with Crippen LogP contribution in [0.5, 0.6) is 0 Å². The Balaban J connectivity index is 1.74. The minimum absolute atomic E-state index is 0.0849. The maximum atomic E-state index is 14.1. The highest BCUT2D eigenvalue weighted by molar-refractivity contribution is 7.89. The van der Waals surface area contributed by atoms with Crippen molar-refractivity contribution in [3.05, 3.63) is 34.6 Å². The van der Waals surface area contributed by atoms with Crippen molar-refractivity contribution >= 4 is 32.4 Å². The highest BCUT2D eigenvalue weighted by Gasteiger charge is 2.36. The van der Waals surface area contributed by atoms with Gasteiger partial charge in [-0.1, -0.05) is 18.3 Å². The summed E-state index contributed by atoms with van der Waals surface area (Å²) in [7, 11) is -3.86. The Morgan fingerprint density at radius 2 is 1.97 bits per heavy atom. The molecule has 12 heteroatoms. The maximum absolute atomic E-state index is 14.1. The number of aromatic nitrogens is 2. The molecule has 0 radical (unpaired) electrons. The zero-order valence-electron chi connectivity index (χ0n) is 15.4. The number of nitrogens with one attached hydrogen (secondary N) is 2. The van der Waals surface area contributed by atoms with E-state index in [1.165, 1.54) is 0 Å². The van der Waals surface area contributed by atoms with Crippen molar-refractivity contribution < 1.29 is 26.4 Å². The van der Waals surface area contributed by atoms with E-state index in [1.54, 1.807) is 6.92 Å². The van der Waals surface area contributed by atoms with Crippen molar-refractivity contribution in [1.29, 1.82) is 0 Å². The first kappa shape index (κ1) is 21.7. The van der Waals surface area contributed by atoms with Gasteiger partial charge < -0.3 is 0 Å². The molecule has 7 nitrogen and oxygen atoms in total. The summed E-state index contributed by atoms with van der Waals surface area (Å²) in [5.74, 6) is -4.59. The third-order valence-corrected chi connectivity index (χ3v) is 7.10. The molecule has 1 aromatic heterocycles. The molecule has 2 aromatic rings. The molecule has 1 aliphatic rings. The van der Waals surface area contributed by atoms with Gasteiger partial charge in [-0.3, -0.25) is 10.1 Å². The summed E-state index contributed by atoms with van der Waals surface area (Å²) in [4.78, 5) is 12.2. The Morgan fingerprint density at radius 3 is 2.62 bits per heavy atom. The summed E-state index contributed by atoms with van der Waals surface area (Å²) in [6.07, 6.45) is 0.0947. The first-order valence-electron chi connectivity index (χ1n) is 8.93. The molecule has 0 atom stereocenters. The monoisotopic (exact) mass is 448 g/mol. The van der Waals surface area contributed by atoms with Crippen LogP contribution in [0.4, 0.5) is 18.3 Å². The summed E-state index contributed by atoms with van der Waals surface area (Å²) in [6.45, 7) is 1.73. The van der Waals surface area contributed by atoms with Gasteiger partial charge in [0.1, 0.15) is 10.8 Å². The van der Waals surface area contributed by atoms with Crippen LogP contribution in [-0.2, 0) is 10.0 Å². The van der Waals surface area contributed by atoms with Crippen molar-refractivity contribution in [2.45, 2.75) is 49.3 Å². The molecule has 1 aliphatic carbocycles. The van der Waals surface area contributed by atoms with Crippen LogP contribution in [0.15, 0.2) is 23.1 Å². The second-order valence-electron chi connectivity index (χ2n) is 6.67. The Kier molecular flexibility index (Phi) is 6.24. The van der Waals surface area contributed by atoms with Crippen molar-refractivity contribution in [1.82, 2.24) is 14.9 Å². The normalized spacial score (nSPS) is 17.2. The van der Waals surface area contributed by atoms with Gasteiger partial charge in [0.25, 0.3) is 5.91 Å². The van der Waals surface area contributed by atoms with E-state index in [4.69, 9.17) is 0 Å². The van der Waals surface area contributed by atoms with Gasteiger partial charge >= 0.3 is 0 Å². The number of hydrogen-bond acceptors (Lipinski definition) is 6. The molecule has 0 saturated heterocycles. The number of carbonyl (C=O) groups is 1. The van der Waals surface area contributed by atoms with E-state index < -0.39 is 33.2 Å². The molecule has 3 rings (SSSR count). The summed E-state index contributed by atoms with van der Waals surface area (Å²) >= 11 is 1.03. The second kappa shape index (κ2) is 8.36. The topological polar surface area (TPSA) is 101 Å². The number of benzene rings is 1. The molecular weight excluding hydrogens is 429 g/mol. The minimum atomic E-state index is -3.86. The Labute approximate surface area is 169 Å². The van der Waals surface area contributed by atoms with Crippen molar-refractivity contribution in [3.63, 3.8) is 0 Å². The van der Waals surface area contributed by atoms with E-state index in [2.05, 4.69) is 20.2 Å². The second-order valence-corrected chi connectivity index (χ2v) is 9.45. The van der Waals surface area contributed by atoms with Gasteiger partial charge in [-0.2, -0.15) is 0 Å². The average molecular weight is 448 g/mol. The van der Waals surface area contributed by atoms with E-state index in [0.717, 1.165) is 29.5 Å². The predicted molar refractivity (Wildman–Crippen MR) is 101 cm³/mol. The molecule has 0 bridgehead atoms. The predicted octanol–water partition coefficient (Wildman–Crippen LogP) is 3.52. The molecule has 1 fully saturated rings. The number of hydrogen-bond donors (Lipinski definition) is 2. The lowest BCUT2D eigenvalue weighted by molar-refractivity contribution is -0.0382. The third-order valence-electron chi connectivity index (χ3n) is 4.55. The van der Waals surface area contributed by atoms with Gasteiger partial charge in [-0.25, -0.2) is 26.3 Å². The summed E-state index contributed by atoms with van der Waals surface area (Å²) < 4.78 is 67.1. The van der Waals surface area contributed by atoms with Crippen LogP contribution in [0.3, 0.4) is 0 Å². The zero-order valence-corrected chi connectivity index (χ0v) is 17.0. The van der Waals surface area contributed by atoms with Crippen molar-refractivity contribution in [3.8, 4) is 0 Å². The Morgan fingerprint density at radius 1 is 1.28 bits per heavy atom. The molecule has 1 amide bonds. The van der Waals surface area contributed by atoms with E-state index in [0.29, 0.717) is 5.01 Å². The van der Waals surface area contributed by atoms with Crippen LogP contribution >= 0.6 is 11.3 Å². The summed E-state index contributed by atoms with van der Waals surface area (Å²) in [6, 6.07) is 2.90. The van der Waals surface area contributed by atoms with Gasteiger partial charge in [-0.15, -0.1) is 10.2 Å². The smallest absolute Gasteiger partial charge is 0.260 e. The van der Waals surface area contributed by atoms with E-state index in [-0.39, 0.29) is 48.2 Å². The molecule has 1 saturated carbocycles. The van der Waals surface area contributed by atoms with Crippen molar-refractivity contribution in [2.24, 2.45) is 0 Å². The zero-order chi connectivity index (χ0) is 21.2. The Hall–Kier alpha value is -2.05. The van der Waals surface area contributed by atoms with Crippen LogP contribution in [0.1, 0.15) is 53.9 Å². The molecule has 1 heterocycles. The van der Waals surface area contributed by atoms with Crippen LogP contribution < -0.4 is 10.0 Å². The number of rotatable bonds is 6. The van der Waals surface area contributed by atoms with Crippen LogP contribution in [0.2, 0.25) is 0 Å². The Bertz CT molecular complexity index is 1000. The highest BCUT2D eigenvalue weighted by Crippen LogP contribution is 2.42. The molecule has 0 aliphatic heterocycles. The van der Waals surface area contributed by atoms with E-state index in [9.17, 15) is 26.4 Å². The molecule has 158 valence electrons. The largest absolute Gasteiger partial charge is 0.296 e. The van der Waals surface area contributed by atoms with Crippen LogP contribution in [-0.4, -0.2) is 37.0 Å². The lowest BCUT2D eigenvalue weighted by Crippen LogP contribution is -2.24. The number of alkyl halides is 2. The third kappa shape index (κ3) is 5.11. The fraction of sp³-hybridized carbons (Fsp3) is 0.471. The van der Waals surface area contributed by atoms with E-state index >= 15 is 0 Å². The molecule has 29 heavy (non-hydrogen) atoms. The number of carbonyl (C=O) groups excluding carboxylic acids is 1. The SMILES string of the molecule is CCNS(=O)(=O)c1ccc(F)c(C(=O)Nc2nnc(C3CCC(F)(F)CC3)s2)c1. The number of sulfonamides is 1. The average Bonchev–Trinajstić information content (AvgIpc) is 3.10. The molecule has 2 N–H and O–H groups in total. The number of anilines is 1. The fourth-order valence-electron chi connectivity index (χ4n) is 3.02. The maximum Gasteiger partial charge on any atom is 0.260 e. The van der Waals surface area contributed by atoms with Gasteiger partial charge in [0, 0.05) is 25.3 Å². The quantitative estimate of drug-likeness (QED) is 0.704. The van der Waals surface area contributed by atoms with Gasteiger partial charge in [0.2, 0.25) is 21.1 Å². The lowest BCUT2D eigenvalue weighted by atomic mass is 9.87. The van der Waals surface area contributed by atoms with Crippen LogP contribution in [0.25, 0.3) is 0 Å². The van der Waals surface area contributed by atoms with Gasteiger partial charge in [0.05, 0.1) is 10.5 Å². The van der Waals surface area contributed by atoms with E-state index in [1.807, 2.05) is 0 Å². The molecule has 0 unspecified atom stereocenters. The number of nitrogens with zero attached hydrogens (tertiary/aromatic N) is 2. The molecular formula is C17H19F3N4O3S2. The number of amides is 1. The lowest BCUT2D eigenvalue weighted by Gasteiger charge is -2.26. The number of halogens is 3. The summed E-state index contributed by atoms with van der Waals surface area (Å²) in [5.41, 5.74) is -0.460. The van der Waals surface area contributed by atoms with Crippen molar-refractivity contribution in [2.75, 3.05) is 11.9 Å². The fourth-order valence-corrected chi connectivity index (χ4v) is 4.99. The standard InChI is InChI=1S/C17H19F3N4O3S2/c1-2-21-29(26,27)11-3-4-13(18)12(9-11)14(25)22-16-24-23-15(28-16)10-5-7-17(19,20)8-6-10/h3-4,9-10,21H,2,5-8H2,1H3,(H,22,24,25). The van der Waals surface area contributed by atoms with Gasteiger partial charge in [0.15, 0.2) is 0 Å². The van der Waals surface area contributed by atoms with Crippen LogP contribution in [0, 0.1) is 5.82 Å². The molecule has 1 aromatic carbocycles.